The van der Waals surface area contributed by atoms with Gasteiger partial charge in [-0.05, 0) is 80.9 Å². The van der Waals surface area contributed by atoms with Gasteiger partial charge in [-0.3, -0.25) is 0 Å². The molecular formula is C61H41N5. The van der Waals surface area contributed by atoms with Crippen LogP contribution in [0.15, 0.2) is 249 Å². The molecule has 2 heterocycles. The number of nitrogens with zero attached hydrogens (tertiary/aromatic N) is 5. The first-order chi connectivity index (χ1) is 32.7. The number of hydrogen-bond donors (Lipinski definition) is 0. The molecule has 0 amide bonds. The lowest BCUT2D eigenvalue weighted by Crippen LogP contribution is -2.00. The van der Waals surface area contributed by atoms with Crippen LogP contribution in [-0.2, 0) is 0 Å². The van der Waals surface area contributed by atoms with Crippen molar-refractivity contribution in [2.75, 3.05) is 0 Å². The van der Waals surface area contributed by atoms with E-state index in [-0.39, 0.29) is 0 Å². The Morgan fingerprint density at radius 1 is 0.152 bits per heavy atom. The van der Waals surface area contributed by atoms with Crippen LogP contribution in [0.1, 0.15) is 0 Å². The van der Waals surface area contributed by atoms with Gasteiger partial charge in [-0.15, -0.1) is 0 Å². The summed E-state index contributed by atoms with van der Waals surface area (Å²) in [6.07, 6.45) is 0. The Morgan fingerprint density at radius 2 is 0.409 bits per heavy atom. The summed E-state index contributed by atoms with van der Waals surface area (Å²) in [5, 5.41) is 0. The lowest BCUT2D eigenvalue weighted by Gasteiger charge is -2.13. The molecule has 310 valence electrons. The number of aromatic nitrogens is 5. The van der Waals surface area contributed by atoms with Gasteiger partial charge < -0.3 is 0 Å². The van der Waals surface area contributed by atoms with Crippen LogP contribution in [0, 0.1) is 0 Å². The van der Waals surface area contributed by atoms with Gasteiger partial charge in [0.15, 0.2) is 23.3 Å². The highest BCUT2D eigenvalue weighted by molar-refractivity contribution is 5.82. The molecule has 5 nitrogen and oxygen atoms in total. The lowest BCUT2D eigenvalue weighted by atomic mass is 9.96. The van der Waals surface area contributed by atoms with Crippen molar-refractivity contribution in [1.82, 2.24) is 24.9 Å². The number of benzene rings is 9. The summed E-state index contributed by atoms with van der Waals surface area (Å²) < 4.78 is 0. The highest BCUT2D eigenvalue weighted by Gasteiger charge is 2.16. The summed E-state index contributed by atoms with van der Waals surface area (Å²) in [4.78, 5) is 25.6. The fourth-order valence-electron chi connectivity index (χ4n) is 8.32. The minimum absolute atomic E-state index is 0.601. The molecule has 2 aromatic heterocycles. The normalized spacial score (nSPS) is 11.0. The second-order valence-electron chi connectivity index (χ2n) is 16.1. The van der Waals surface area contributed by atoms with Crippen LogP contribution in [-0.4, -0.2) is 24.9 Å². The molecule has 0 aliphatic rings. The molecule has 0 aliphatic heterocycles. The van der Waals surface area contributed by atoms with Gasteiger partial charge >= 0.3 is 0 Å². The topological polar surface area (TPSA) is 64.5 Å². The van der Waals surface area contributed by atoms with E-state index in [9.17, 15) is 0 Å². The molecule has 5 heteroatoms. The summed E-state index contributed by atoms with van der Waals surface area (Å²) >= 11 is 0. The molecule has 0 atom stereocenters. The van der Waals surface area contributed by atoms with Crippen LogP contribution in [0.25, 0.3) is 113 Å². The van der Waals surface area contributed by atoms with E-state index >= 15 is 0 Å². The van der Waals surface area contributed by atoms with Crippen LogP contribution in [0.3, 0.4) is 0 Å². The minimum Gasteiger partial charge on any atom is -0.228 e. The SMILES string of the molecule is c1ccc(-c2cccc(-c3cc(-c4cccc(-c5ccc(-c6nc(-c7ccccc7)nc(-c7cc(-c8ccccc8)cc(-c8ccccc8)c7)n6)cc5)c4)nc(-c4ccccc4)n3)c2)cc1. The molecule has 0 spiro atoms. The van der Waals surface area contributed by atoms with E-state index in [1.54, 1.807) is 0 Å². The van der Waals surface area contributed by atoms with Gasteiger partial charge in [0.2, 0.25) is 0 Å². The summed E-state index contributed by atoms with van der Waals surface area (Å²) in [6, 6.07) is 85.9. The van der Waals surface area contributed by atoms with E-state index in [2.05, 4.69) is 182 Å². The summed E-state index contributed by atoms with van der Waals surface area (Å²) in [6.45, 7) is 0. The Bertz CT molecular complexity index is 3370. The summed E-state index contributed by atoms with van der Waals surface area (Å²) in [5.74, 6) is 2.50. The van der Waals surface area contributed by atoms with Gasteiger partial charge in [0.05, 0.1) is 11.4 Å². The number of hydrogen-bond acceptors (Lipinski definition) is 5. The third-order valence-electron chi connectivity index (χ3n) is 11.7. The van der Waals surface area contributed by atoms with Gasteiger partial charge in [-0.1, -0.05) is 212 Å². The molecule has 9 aromatic carbocycles. The molecule has 0 aliphatic carbocycles. The Balaban J connectivity index is 0.967. The first-order valence-corrected chi connectivity index (χ1v) is 22.1. The molecule has 11 rings (SSSR count). The second kappa shape index (κ2) is 18.0. The van der Waals surface area contributed by atoms with E-state index in [1.165, 1.54) is 0 Å². The van der Waals surface area contributed by atoms with Crippen molar-refractivity contribution in [1.29, 1.82) is 0 Å². The maximum Gasteiger partial charge on any atom is 0.164 e. The maximum atomic E-state index is 5.18. The Morgan fingerprint density at radius 3 is 0.833 bits per heavy atom. The Hall–Kier alpha value is -8.93. The zero-order chi connectivity index (χ0) is 44.1. The van der Waals surface area contributed by atoms with Crippen LogP contribution in [0.2, 0.25) is 0 Å². The fraction of sp³-hybridized carbons (Fsp3) is 0. The predicted molar refractivity (Wildman–Crippen MR) is 270 cm³/mol. The van der Waals surface area contributed by atoms with Gasteiger partial charge in [0, 0.05) is 33.4 Å². The molecule has 0 unspecified atom stereocenters. The molecule has 0 saturated carbocycles. The third kappa shape index (κ3) is 8.57. The van der Waals surface area contributed by atoms with Gasteiger partial charge in [0.25, 0.3) is 0 Å². The van der Waals surface area contributed by atoms with Crippen molar-refractivity contribution < 1.29 is 0 Å². The summed E-state index contributed by atoms with van der Waals surface area (Å²) in [7, 11) is 0. The highest BCUT2D eigenvalue weighted by atomic mass is 15.0. The predicted octanol–water partition coefficient (Wildman–Crippen LogP) is 15.3. The molecule has 11 aromatic rings. The van der Waals surface area contributed by atoms with Crippen molar-refractivity contribution in [3.05, 3.63) is 249 Å². The smallest absolute Gasteiger partial charge is 0.164 e. The highest BCUT2D eigenvalue weighted by Crippen LogP contribution is 2.35. The van der Waals surface area contributed by atoms with Crippen molar-refractivity contribution in [3.8, 4) is 113 Å². The standard InChI is InChI=1S/C61H41N5/c1-6-18-42(19-7-1)49-28-16-30-51(36-49)56-41-57(63-58(62-56)46-24-12-4-13-25-46)52-31-17-29-50(37-52)45-32-34-48(35-33-45)60-64-59(47-26-14-5-15-27-47)65-61(66-60)55-39-53(43-20-8-2-9-21-43)38-54(40-55)44-22-10-3-11-23-44/h1-41H. The van der Waals surface area contributed by atoms with E-state index in [0.717, 1.165) is 89.3 Å². The quantitative estimate of drug-likeness (QED) is 0.137. The van der Waals surface area contributed by atoms with Gasteiger partial charge in [-0.2, -0.15) is 0 Å². The van der Waals surface area contributed by atoms with Gasteiger partial charge in [0.1, 0.15) is 0 Å². The number of rotatable bonds is 10. The van der Waals surface area contributed by atoms with E-state index in [1.807, 2.05) is 66.7 Å². The second-order valence-corrected chi connectivity index (χ2v) is 16.1. The third-order valence-corrected chi connectivity index (χ3v) is 11.7. The van der Waals surface area contributed by atoms with E-state index in [4.69, 9.17) is 24.9 Å². The lowest BCUT2D eigenvalue weighted by molar-refractivity contribution is 1.07. The van der Waals surface area contributed by atoms with E-state index in [0.29, 0.717) is 23.3 Å². The van der Waals surface area contributed by atoms with Crippen LogP contribution < -0.4 is 0 Å². The minimum atomic E-state index is 0.601. The summed E-state index contributed by atoms with van der Waals surface area (Å²) in [5.41, 5.74) is 16.3. The van der Waals surface area contributed by atoms with Crippen LogP contribution in [0.4, 0.5) is 0 Å². The average Bonchev–Trinajstić information content (AvgIpc) is 3.42. The monoisotopic (exact) mass is 843 g/mol. The molecular weight excluding hydrogens is 803 g/mol. The Kier molecular flexibility index (Phi) is 10.9. The maximum absolute atomic E-state index is 5.18. The van der Waals surface area contributed by atoms with Crippen molar-refractivity contribution in [2.24, 2.45) is 0 Å². The molecule has 0 saturated heterocycles. The molecule has 66 heavy (non-hydrogen) atoms. The van der Waals surface area contributed by atoms with E-state index < -0.39 is 0 Å². The van der Waals surface area contributed by atoms with Crippen molar-refractivity contribution in [3.63, 3.8) is 0 Å². The largest absolute Gasteiger partial charge is 0.228 e. The molecule has 0 bridgehead atoms. The Labute approximate surface area is 384 Å². The van der Waals surface area contributed by atoms with Gasteiger partial charge in [-0.25, -0.2) is 24.9 Å². The van der Waals surface area contributed by atoms with Crippen molar-refractivity contribution in [2.45, 2.75) is 0 Å². The van der Waals surface area contributed by atoms with Crippen LogP contribution >= 0.6 is 0 Å². The molecule has 0 N–H and O–H groups in total. The average molecular weight is 844 g/mol. The zero-order valence-corrected chi connectivity index (χ0v) is 35.9. The fourth-order valence-corrected chi connectivity index (χ4v) is 8.32. The van der Waals surface area contributed by atoms with Crippen LogP contribution in [0.5, 0.6) is 0 Å². The molecule has 0 radical (unpaired) electrons. The first-order valence-electron chi connectivity index (χ1n) is 22.1. The van der Waals surface area contributed by atoms with Crippen molar-refractivity contribution >= 4 is 0 Å². The molecule has 0 fully saturated rings. The first kappa shape index (κ1) is 39.9. The zero-order valence-electron chi connectivity index (χ0n) is 35.9.